The number of para-hydroxylation sites is 1. The first kappa shape index (κ1) is 18.9. The summed E-state index contributed by atoms with van der Waals surface area (Å²) in [5.41, 5.74) is 0.559. The summed E-state index contributed by atoms with van der Waals surface area (Å²) < 4.78 is 1.70. The summed E-state index contributed by atoms with van der Waals surface area (Å²) in [5, 5.41) is 18.7. The van der Waals surface area contributed by atoms with E-state index in [0.717, 1.165) is 12.8 Å². The van der Waals surface area contributed by atoms with Crippen LogP contribution in [0.4, 0.5) is 0 Å². The molecule has 0 atom stereocenters. The molecule has 3 rings (SSSR count). The summed E-state index contributed by atoms with van der Waals surface area (Å²) in [5.74, 6) is -0.0378. The van der Waals surface area contributed by atoms with Crippen LogP contribution in [0.5, 0.6) is 0 Å². The van der Waals surface area contributed by atoms with E-state index in [0.29, 0.717) is 29.1 Å². The lowest BCUT2D eigenvalue weighted by Gasteiger charge is -2.20. The number of carbonyl (C=O) groups is 1. The van der Waals surface area contributed by atoms with Crippen molar-refractivity contribution in [3.63, 3.8) is 0 Å². The zero-order valence-electron chi connectivity index (χ0n) is 14.8. The topological polar surface area (TPSA) is 103 Å². The first-order valence-corrected chi connectivity index (χ1v) is 9.80. The molecular weight excluding hydrogens is 362 g/mol. The number of aromatic nitrogens is 2. The van der Waals surface area contributed by atoms with E-state index < -0.39 is 0 Å². The molecule has 138 valence electrons. The third-order valence-corrected chi connectivity index (χ3v) is 5.29. The molecule has 8 heteroatoms. The Hall–Kier alpha value is -2.84. The summed E-state index contributed by atoms with van der Waals surface area (Å²) in [4.78, 5) is 31.5. The number of fused-ring (bicyclic) bond motifs is 1. The first-order valence-electron chi connectivity index (χ1n) is 8.81. The summed E-state index contributed by atoms with van der Waals surface area (Å²) >= 11 is 1.24. The molecule has 1 aromatic heterocycles. The van der Waals surface area contributed by atoms with Crippen molar-refractivity contribution in [1.82, 2.24) is 14.5 Å². The SMILES string of the molecule is N#CCCN(CCC#N)C(=O)CSc1nc2ccccc2c(=O)n1C1CC1. The van der Waals surface area contributed by atoms with E-state index >= 15 is 0 Å². The van der Waals surface area contributed by atoms with E-state index in [-0.39, 0.29) is 36.1 Å². The van der Waals surface area contributed by atoms with Gasteiger partial charge in [0.05, 0.1) is 41.6 Å². The number of hydrogen-bond donors (Lipinski definition) is 0. The average molecular weight is 381 g/mol. The van der Waals surface area contributed by atoms with Crippen LogP contribution in [0.25, 0.3) is 10.9 Å². The maximum absolute atomic E-state index is 12.8. The van der Waals surface area contributed by atoms with Crippen molar-refractivity contribution in [3.05, 3.63) is 34.6 Å². The first-order chi connectivity index (χ1) is 13.2. The van der Waals surface area contributed by atoms with Gasteiger partial charge < -0.3 is 4.90 Å². The summed E-state index contributed by atoms with van der Waals surface area (Å²) in [6, 6.07) is 11.4. The number of carbonyl (C=O) groups excluding carboxylic acids is 1. The molecule has 1 saturated carbocycles. The molecule has 1 aliphatic carbocycles. The minimum Gasteiger partial charge on any atom is -0.340 e. The van der Waals surface area contributed by atoms with Gasteiger partial charge >= 0.3 is 0 Å². The fraction of sp³-hybridized carbons (Fsp3) is 0.421. The quantitative estimate of drug-likeness (QED) is 0.514. The Morgan fingerprint density at radius 1 is 1.22 bits per heavy atom. The number of amides is 1. The zero-order chi connectivity index (χ0) is 19.2. The highest BCUT2D eigenvalue weighted by Crippen LogP contribution is 2.36. The standard InChI is InChI=1S/C19H19N5O2S/c20-9-3-11-23(12-4-10-21)17(25)13-27-19-22-16-6-2-1-5-15(16)18(26)24(19)14-7-8-14/h1-2,5-6,14H,3-4,7-8,11-13H2. The summed E-state index contributed by atoms with van der Waals surface area (Å²) in [7, 11) is 0. The second-order valence-electron chi connectivity index (χ2n) is 6.30. The maximum Gasteiger partial charge on any atom is 0.262 e. The Morgan fingerprint density at radius 2 is 1.89 bits per heavy atom. The predicted octanol–water partition coefficient (Wildman–Crippen LogP) is 2.48. The largest absolute Gasteiger partial charge is 0.340 e. The highest BCUT2D eigenvalue weighted by atomic mass is 32.2. The van der Waals surface area contributed by atoms with Crippen LogP contribution in [0.2, 0.25) is 0 Å². The van der Waals surface area contributed by atoms with Gasteiger partial charge in [-0.1, -0.05) is 23.9 Å². The monoisotopic (exact) mass is 381 g/mol. The zero-order valence-corrected chi connectivity index (χ0v) is 15.6. The van der Waals surface area contributed by atoms with Crippen LogP contribution in [0.1, 0.15) is 31.7 Å². The molecule has 1 aliphatic rings. The Kier molecular flexibility index (Phi) is 6.10. The van der Waals surface area contributed by atoms with Crippen LogP contribution in [0.15, 0.2) is 34.2 Å². The number of nitrogens with zero attached hydrogens (tertiary/aromatic N) is 5. The fourth-order valence-corrected chi connectivity index (χ4v) is 3.80. The Balaban J connectivity index is 1.80. The van der Waals surface area contributed by atoms with Crippen LogP contribution >= 0.6 is 11.8 Å². The van der Waals surface area contributed by atoms with Crippen molar-refractivity contribution < 1.29 is 4.79 Å². The van der Waals surface area contributed by atoms with Crippen molar-refractivity contribution in [2.24, 2.45) is 0 Å². The third-order valence-electron chi connectivity index (χ3n) is 4.35. The van der Waals surface area contributed by atoms with E-state index in [1.54, 1.807) is 16.7 Å². The van der Waals surface area contributed by atoms with Gasteiger partial charge in [0.2, 0.25) is 5.91 Å². The molecule has 0 bridgehead atoms. The van der Waals surface area contributed by atoms with Crippen LogP contribution in [-0.2, 0) is 4.79 Å². The highest BCUT2D eigenvalue weighted by Gasteiger charge is 2.29. The normalized spacial score (nSPS) is 13.1. The van der Waals surface area contributed by atoms with Crippen LogP contribution in [0, 0.1) is 22.7 Å². The van der Waals surface area contributed by atoms with Gasteiger partial charge in [-0.2, -0.15) is 10.5 Å². The molecule has 2 aromatic rings. The molecule has 7 nitrogen and oxygen atoms in total. The van der Waals surface area contributed by atoms with E-state index in [4.69, 9.17) is 10.5 Å². The van der Waals surface area contributed by atoms with Crippen LogP contribution < -0.4 is 5.56 Å². The second-order valence-corrected chi connectivity index (χ2v) is 7.25. The number of rotatable bonds is 8. The van der Waals surface area contributed by atoms with Crippen molar-refractivity contribution in [1.29, 1.82) is 10.5 Å². The van der Waals surface area contributed by atoms with Gasteiger partial charge in [-0.15, -0.1) is 0 Å². The van der Waals surface area contributed by atoms with Crippen LogP contribution in [-0.4, -0.2) is 39.2 Å². The van der Waals surface area contributed by atoms with E-state index in [1.165, 1.54) is 16.7 Å². The van der Waals surface area contributed by atoms with E-state index in [1.807, 2.05) is 24.3 Å². The van der Waals surface area contributed by atoms with Crippen molar-refractivity contribution in [3.8, 4) is 12.1 Å². The molecule has 27 heavy (non-hydrogen) atoms. The van der Waals surface area contributed by atoms with Crippen LogP contribution in [0.3, 0.4) is 0 Å². The molecule has 0 radical (unpaired) electrons. The van der Waals surface area contributed by atoms with Gasteiger partial charge in [0, 0.05) is 19.1 Å². The van der Waals surface area contributed by atoms with E-state index in [9.17, 15) is 9.59 Å². The molecule has 0 N–H and O–H groups in total. The average Bonchev–Trinajstić information content (AvgIpc) is 3.51. The van der Waals surface area contributed by atoms with Crippen molar-refractivity contribution in [2.45, 2.75) is 36.9 Å². The van der Waals surface area contributed by atoms with Crippen molar-refractivity contribution in [2.75, 3.05) is 18.8 Å². The minimum absolute atomic E-state index is 0.0659. The predicted molar refractivity (Wildman–Crippen MR) is 102 cm³/mol. The van der Waals surface area contributed by atoms with Gasteiger partial charge in [-0.05, 0) is 25.0 Å². The molecule has 0 saturated heterocycles. The Morgan fingerprint density at radius 3 is 2.52 bits per heavy atom. The molecule has 0 spiro atoms. The fourth-order valence-electron chi connectivity index (χ4n) is 2.83. The van der Waals surface area contributed by atoms with Gasteiger partial charge in [0.1, 0.15) is 0 Å². The van der Waals surface area contributed by atoms with Crippen molar-refractivity contribution >= 4 is 28.6 Å². The Bertz CT molecular complexity index is 966. The van der Waals surface area contributed by atoms with Gasteiger partial charge in [-0.3, -0.25) is 14.2 Å². The number of hydrogen-bond acceptors (Lipinski definition) is 6. The maximum atomic E-state index is 12.8. The lowest BCUT2D eigenvalue weighted by atomic mass is 10.2. The molecule has 1 heterocycles. The molecular formula is C19H19N5O2S. The van der Waals surface area contributed by atoms with Gasteiger partial charge in [-0.25, -0.2) is 4.98 Å². The lowest BCUT2D eigenvalue weighted by Crippen LogP contribution is -2.34. The van der Waals surface area contributed by atoms with Gasteiger partial charge in [0.25, 0.3) is 5.56 Å². The molecule has 1 fully saturated rings. The summed E-state index contributed by atoms with van der Waals surface area (Å²) in [6.45, 7) is 0.607. The molecule has 0 aliphatic heterocycles. The summed E-state index contributed by atoms with van der Waals surface area (Å²) in [6.07, 6.45) is 2.33. The lowest BCUT2D eigenvalue weighted by molar-refractivity contribution is -0.128. The smallest absolute Gasteiger partial charge is 0.262 e. The Labute approximate surface area is 161 Å². The number of benzene rings is 1. The second kappa shape index (κ2) is 8.70. The molecule has 1 amide bonds. The number of nitriles is 2. The number of thioether (sulfide) groups is 1. The highest BCUT2D eigenvalue weighted by molar-refractivity contribution is 7.99. The molecule has 1 aromatic carbocycles. The molecule has 0 unspecified atom stereocenters. The van der Waals surface area contributed by atoms with E-state index in [2.05, 4.69) is 4.98 Å². The minimum atomic E-state index is -0.157. The van der Waals surface area contributed by atoms with Gasteiger partial charge in [0.15, 0.2) is 5.16 Å². The third kappa shape index (κ3) is 4.47.